The molecule has 18 heavy (non-hydrogen) atoms. The maximum atomic E-state index is 13.2. The maximum absolute atomic E-state index is 13.2. The highest BCUT2D eigenvalue weighted by atomic mass is 32.2. The molecule has 0 fully saturated rings. The Kier molecular flexibility index (Phi) is 5.13. The van der Waals surface area contributed by atoms with Crippen molar-refractivity contribution in [2.45, 2.75) is 44.9 Å². The summed E-state index contributed by atoms with van der Waals surface area (Å²) in [6.45, 7) is 7.40. The molecule has 2 atom stereocenters. The van der Waals surface area contributed by atoms with Gasteiger partial charge in [0.15, 0.2) is 0 Å². The second-order valence-electron chi connectivity index (χ2n) is 5.16. The molecule has 0 saturated carbocycles. The molecule has 0 amide bonds. The smallest absolute Gasteiger partial charge is 0.136 e. The largest absolute Gasteiger partial charge is 0.598 e. The van der Waals surface area contributed by atoms with Gasteiger partial charge in [0.25, 0.3) is 0 Å². The lowest BCUT2D eigenvalue weighted by Crippen LogP contribution is -2.41. The Morgan fingerprint density at radius 2 is 1.72 bits per heavy atom. The van der Waals surface area contributed by atoms with E-state index >= 15 is 0 Å². The summed E-state index contributed by atoms with van der Waals surface area (Å²) in [5.74, 6) is -1.24. The van der Waals surface area contributed by atoms with Crippen LogP contribution in [0.15, 0.2) is 18.2 Å². The van der Waals surface area contributed by atoms with Crippen LogP contribution in [0.1, 0.15) is 45.7 Å². The predicted octanol–water partition coefficient (Wildman–Crippen LogP) is 3.47. The molecule has 0 aliphatic rings. The molecule has 5 heteroatoms. The molecule has 0 spiro atoms. The zero-order chi connectivity index (χ0) is 13.9. The molecule has 0 aromatic heterocycles. The van der Waals surface area contributed by atoms with Gasteiger partial charge in [-0.25, -0.2) is 8.78 Å². The summed E-state index contributed by atoms with van der Waals surface area (Å²) in [5.41, 5.74) is 0.479. The Hall–Kier alpha value is -0.650. The number of hydrogen-bond donors (Lipinski definition) is 1. The van der Waals surface area contributed by atoms with Gasteiger partial charge >= 0.3 is 0 Å². The number of hydrogen-bond acceptors (Lipinski definition) is 2. The summed E-state index contributed by atoms with van der Waals surface area (Å²) < 4.78 is 40.8. The molecule has 1 rings (SSSR count). The van der Waals surface area contributed by atoms with Gasteiger partial charge in [0.1, 0.15) is 16.4 Å². The standard InChI is InChI=1S/C13H19F2NOS/c1-5-12(16-18(17)13(2,3)4)9-6-10(14)8-11(15)7-9/h6-8,12,16H,5H2,1-4H3/t12-,18-/m0/s1. The fourth-order valence-electron chi connectivity index (χ4n) is 1.47. The van der Waals surface area contributed by atoms with E-state index in [1.807, 2.05) is 27.7 Å². The van der Waals surface area contributed by atoms with E-state index in [4.69, 9.17) is 0 Å². The van der Waals surface area contributed by atoms with Crippen LogP contribution in [-0.2, 0) is 11.4 Å². The molecule has 0 bridgehead atoms. The van der Waals surface area contributed by atoms with Crippen molar-refractivity contribution in [2.24, 2.45) is 0 Å². The zero-order valence-corrected chi connectivity index (χ0v) is 11.9. The van der Waals surface area contributed by atoms with Gasteiger partial charge in [-0.15, -0.1) is 4.72 Å². The number of rotatable bonds is 4. The van der Waals surface area contributed by atoms with Crippen LogP contribution in [-0.4, -0.2) is 9.30 Å². The quantitative estimate of drug-likeness (QED) is 0.854. The van der Waals surface area contributed by atoms with Crippen LogP contribution in [0.4, 0.5) is 8.78 Å². The molecule has 0 aliphatic carbocycles. The van der Waals surface area contributed by atoms with Crippen molar-refractivity contribution in [2.75, 3.05) is 0 Å². The van der Waals surface area contributed by atoms with E-state index in [2.05, 4.69) is 4.72 Å². The average molecular weight is 275 g/mol. The van der Waals surface area contributed by atoms with Gasteiger partial charge in [-0.3, -0.25) is 0 Å². The molecule has 0 heterocycles. The van der Waals surface area contributed by atoms with Crippen molar-refractivity contribution in [1.29, 1.82) is 0 Å². The van der Waals surface area contributed by atoms with Crippen LogP contribution < -0.4 is 4.72 Å². The topological polar surface area (TPSA) is 35.1 Å². The minimum atomic E-state index is -1.28. The van der Waals surface area contributed by atoms with Crippen molar-refractivity contribution < 1.29 is 13.3 Å². The molecule has 102 valence electrons. The summed E-state index contributed by atoms with van der Waals surface area (Å²) in [5, 5.41) is 0. The molecular formula is C13H19F2NOS. The Morgan fingerprint density at radius 3 is 2.11 bits per heavy atom. The molecule has 2 nitrogen and oxygen atoms in total. The van der Waals surface area contributed by atoms with Gasteiger partial charge < -0.3 is 4.55 Å². The van der Waals surface area contributed by atoms with Crippen LogP contribution in [0.25, 0.3) is 0 Å². The Bertz CT molecular complexity index is 386. The highest BCUT2D eigenvalue weighted by Crippen LogP contribution is 2.23. The third kappa shape index (κ3) is 4.23. The van der Waals surface area contributed by atoms with Gasteiger partial charge in [-0.05, 0) is 44.9 Å². The van der Waals surface area contributed by atoms with E-state index in [0.717, 1.165) is 6.07 Å². The predicted molar refractivity (Wildman–Crippen MR) is 70.4 cm³/mol. The van der Waals surface area contributed by atoms with E-state index in [-0.39, 0.29) is 6.04 Å². The average Bonchev–Trinajstić information content (AvgIpc) is 2.22. The Labute approximate surface area is 110 Å². The minimum absolute atomic E-state index is 0.324. The van der Waals surface area contributed by atoms with Gasteiger partial charge in [-0.1, -0.05) is 6.92 Å². The van der Waals surface area contributed by atoms with Crippen LogP contribution in [0.5, 0.6) is 0 Å². The van der Waals surface area contributed by atoms with Crippen LogP contribution in [0.3, 0.4) is 0 Å². The molecule has 0 aliphatic heterocycles. The van der Waals surface area contributed by atoms with E-state index in [1.54, 1.807) is 0 Å². The first-order chi connectivity index (χ1) is 8.24. The first-order valence-corrected chi connectivity index (χ1v) is 7.03. The van der Waals surface area contributed by atoms with Crippen molar-refractivity contribution in [3.05, 3.63) is 35.4 Å². The van der Waals surface area contributed by atoms with E-state index in [0.29, 0.717) is 12.0 Å². The third-order valence-electron chi connectivity index (χ3n) is 2.50. The first kappa shape index (κ1) is 15.4. The first-order valence-electron chi connectivity index (χ1n) is 5.88. The molecule has 0 saturated heterocycles. The van der Waals surface area contributed by atoms with Gasteiger partial charge in [0.2, 0.25) is 0 Å². The summed E-state index contributed by atoms with van der Waals surface area (Å²) in [4.78, 5) is 0. The Balaban J connectivity index is 2.89. The van der Waals surface area contributed by atoms with Crippen LogP contribution in [0.2, 0.25) is 0 Å². The SMILES string of the molecule is CC[C@H](N[S@@+]([O-])C(C)(C)C)c1cc(F)cc(F)c1. The number of halogens is 2. The van der Waals surface area contributed by atoms with Crippen molar-refractivity contribution in [3.8, 4) is 0 Å². The number of nitrogens with one attached hydrogen (secondary N) is 1. The molecule has 1 aromatic rings. The zero-order valence-electron chi connectivity index (χ0n) is 11.1. The van der Waals surface area contributed by atoms with Gasteiger partial charge in [-0.2, -0.15) is 0 Å². The summed E-state index contributed by atoms with van der Waals surface area (Å²) >= 11 is -1.28. The molecule has 1 aromatic carbocycles. The van der Waals surface area contributed by atoms with E-state index < -0.39 is 27.7 Å². The Morgan fingerprint density at radius 1 is 1.22 bits per heavy atom. The minimum Gasteiger partial charge on any atom is -0.598 e. The summed E-state index contributed by atoms with van der Waals surface area (Å²) in [7, 11) is 0. The lowest BCUT2D eigenvalue weighted by atomic mass is 10.1. The molecule has 0 unspecified atom stereocenters. The monoisotopic (exact) mass is 275 g/mol. The van der Waals surface area contributed by atoms with Crippen molar-refractivity contribution in [3.63, 3.8) is 0 Å². The maximum Gasteiger partial charge on any atom is 0.136 e. The summed E-state index contributed by atoms with van der Waals surface area (Å²) in [6, 6.07) is 3.04. The third-order valence-corrected chi connectivity index (χ3v) is 4.11. The van der Waals surface area contributed by atoms with Gasteiger partial charge in [0, 0.05) is 17.4 Å². The molecule has 1 N–H and O–H groups in total. The molecule has 0 radical (unpaired) electrons. The summed E-state index contributed by atoms with van der Waals surface area (Å²) in [6.07, 6.45) is 0.602. The second kappa shape index (κ2) is 5.99. The number of benzene rings is 1. The lowest BCUT2D eigenvalue weighted by Gasteiger charge is -2.27. The van der Waals surface area contributed by atoms with Crippen LogP contribution in [0, 0.1) is 11.6 Å². The lowest BCUT2D eigenvalue weighted by molar-refractivity contribution is 0.513. The fourth-order valence-corrected chi connectivity index (χ4v) is 2.38. The normalized spacial score (nSPS) is 15.5. The second-order valence-corrected chi connectivity index (χ2v) is 7.16. The molecular weight excluding hydrogens is 256 g/mol. The van der Waals surface area contributed by atoms with Crippen molar-refractivity contribution in [1.82, 2.24) is 4.72 Å². The van der Waals surface area contributed by atoms with E-state index in [1.165, 1.54) is 12.1 Å². The van der Waals surface area contributed by atoms with Gasteiger partial charge in [0.05, 0.1) is 6.04 Å². The van der Waals surface area contributed by atoms with E-state index in [9.17, 15) is 13.3 Å². The highest BCUT2D eigenvalue weighted by molar-refractivity contribution is 7.90. The van der Waals surface area contributed by atoms with Crippen LogP contribution >= 0.6 is 0 Å². The highest BCUT2D eigenvalue weighted by Gasteiger charge is 2.29. The van der Waals surface area contributed by atoms with Crippen molar-refractivity contribution >= 4 is 11.4 Å². The fraction of sp³-hybridized carbons (Fsp3) is 0.538.